The third-order valence-electron chi connectivity index (χ3n) is 5.81. The summed E-state index contributed by atoms with van der Waals surface area (Å²) >= 11 is 5.31. The van der Waals surface area contributed by atoms with E-state index in [9.17, 15) is 9.59 Å². The van der Waals surface area contributed by atoms with Crippen molar-refractivity contribution in [3.05, 3.63) is 82.7 Å². The van der Waals surface area contributed by atoms with Gasteiger partial charge in [-0.15, -0.1) is 0 Å². The molecule has 3 aromatic rings. The van der Waals surface area contributed by atoms with Crippen LogP contribution in [0.5, 0.6) is 5.75 Å². The molecule has 0 saturated carbocycles. The van der Waals surface area contributed by atoms with Gasteiger partial charge in [-0.05, 0) is 92.2 Å². The number of methoxy groups -OCH3 is 1. The molecule has 2 aromatic carbocycles. The van der Waals surface area contributed by atoms with Gasteiger partial charge in [0.25, 0.3) is 11.8 Å². The third-order valence-corrected chi connectivity index (χ3v) is 6.09. The van der Waals surface area contributed by atoms with Crippen molar-refractivity contribution in [1.29, 1.82) is 0 Å². The number of carbonyl (C=O) groups excluding carboxylic acids is 2. The van der Waals surface area contributed by atoms with Crippen LogP contribution in [0.25, 0.3) is 11.8 Å². The van der Waals surface area contributed by atoms with Gasteiger partial charge in [0, 0.05) is 17.1 Å². The number of carbonyl (C=O) groups is 2. The van der Waals surface area contributed by atoms with Crippen molar-refractivity contribution in [3.63, 3.8) is 0 Å². The van der Waals surface area contributed by atoms with Crippen molar-refractivity contribution in [2.45, 2.75) is 27.2 Å². The summed E-state index contributed by atoms with van der Waals surface area (Å²) in [6, 6.07) is 17.3. The standard InChI is InChI=1S/C26H25N3O3S/c1-5-18-6-8-21(9-7-18)29-25(31)23(24(30)27-26(29)33)15-19-14-16(2)28(17(19)3)20-10-12-22(32-4)13-11-20/h6-15H,5H2,1-4H3,(H,27,30,33)/b23-15+. The summed E-state index contributed by atoms with van der Waals surface area (Å²) in [5, 5.41) is 2.73. The fraction of sp³-hybridized carbons (Fsp3) is 0.192. The zero-order valence-corrected chi connectivity index (χ0v) is 19.8. The first kappa shape index (κ1) is 22.5. The normalized spacial score (nSPS) is 15.2. The molecule has 7 heteroatoms. The lowest BCUT2D eigenvalue weighted by molar-refractivity contribution is -0.122. The number of hydrogen-bond donors (Lipinski definition) is 1. The maximum atomic E-state index is 13.3. The molecule has 168 valence electrons. The van der Waals surface area contributed by atoms with Crippen LogP contribution in [0, 0.1) is 13.8 Å². The van der Waals surface area contributed by atoms with Crippen LogP contribution in [0.2, 0.25) is 0 Å². The van der Waals surface area contributed by atoms with E-state index in [1.54, 1.807) is 13.2 Å². The number of hydrogen-bond acceptors (Lipinski definition) is 4. The largest absolute Gasteiger partial charge is 0.497 e. The summed E-state index contributed by atoms with van der Waals surface area (Å²) in [4.78, 5) is 27.4. The Labute approximate surface area is 198 Å². The van der Waals surface area contributed by atoms with E-state index in [1.807, 2.05) is 68.4 Å². The van der Waals surface area contributed by atoms with Gasteiger partial charge in [-0.25, -0.2) is 0 Å². The minimum atomic E-state index is -0.499. The van der Waals surface area contributed by atoms with Crippen LogP contribution in [0.4, 0.5) is 5.69 Å². The quantitative estimate of drug-likeness (QED) is 0.347. The van der Waals surface area contributed by atoms with Crippen LogP contribution in [0.15, 0.2) is 60.2 Å². The van der Waals surface area contributed by atoms with Crippen LogP contribution in [-0.4, -0.2) is 28.6 Å². The molecule has 1 saturated heterocycles. The lowest BCUT2D eigenvalue weighted by atomic mass is 10.1. The lowest BCUT2D eigenvalue weighted by Gasteiger charge is -2.29. The van der Waals surface area contributed by atoms with Crippen molar-refractivity contribution < 1.29 is 14.3 Å². The molecule has 0 aliphatic carbocycles. The molecule has 0 atom stereocenters. The van der Waals surface area contributed by atoms with Gasteiger partial charge < -0.3 is 9.30 Å². The van der Waals surface area contributed by atoms with Crippen molar-refractivity contribution in [2.75, 3.05) is 12.0 Å². The average molecular weight is 460 g/mol. The summed E-state index contributed by atoms with van der Waals surface area (Å²) in [5.74, 6) is -0.168. The first-order valence-electron chi connectivity index (χ1n) is 10.7. The SMILES string of the molecule is CCc1ccc(N2C(=O)/C(=C/c3cc(C)n(-c4ccc(OC)cc4)c3C)C(=O)NC2=S)cc1. The van der Waals surface area contributed by atoms with Crippen molar-refractivity contribution in [2.24, 2.45) is 0 Å². The van der Waals surface area contributed by atoms with Gasteiger partial charge in [0.15, 0.2) is 5.11 Å². The van der Waals surface area contributed by atoms with Gasteiger partial charge in [-0.2, -0.15) is 0 Å². The first-order valence-corrected chi connectivity index (χ1v) is 11.1. The average Bonchev–Trinajstić information content (AvgIpc) is 3.09. The Morgan fingerprint density at radius 1 is 1.00 bits per heavy atom. The van der Waals surface area contributed by atoms with Gasteiger partial charge in [0.1, 0.15) is 11.3 Å². The van der Waals surface area contributed by atoms with Crippen LogP contribution >= 0.6 is 12.2 Å². The minimum absolute atomic E-state index is 0.0400. The highest BCUT2D eigenvalue weighted by atomic mass is 32.1. The number of aromatic nitrogens is 1. The number of thiocarbonyl (C=S) groups is 1. The van der Waals surface area contributed by atoms with E-state index >= 15 is 0 Å². The number of amides is 2. The summed E-state index contributed by atoms with van der Waals surface area (Å²) in [6.07, 6.45) is 2.53. The van der Waals surface area contributed by atoms with E-state index in [2.05, 4.69) is 16.8 Å². The van der Waals surface area contributed by atoms with E-state index in [-0.39, 0.29) is 10.7 Å². The van der Waals surface area contributed by atoms with Gasteiger partial charge in [-0.3, -0.25) is 19.8 Å². The number of ether oxygens (including phenoxy) is 1. The predicted octanol–water partition coefficient (Wildman–Crippen LogP) is 4.50. The molecule has 1 N–H and O–H groups in total. The molecule has 4 rings (SSSR count). The molecule has 1 aliphatic heterocycles. The fourth-order valence-electron chi connectivity index (χ4n) is 3.99. The maximum Gasteiger partial charge on any atom is 0.270 e. The second-order valence-electron chi connectivity index (χ2n) is 7.84. The number of nitrogens with one attached hydrogen (secondary N) is 1. The molecule has 2 heterocycles. The van der Waals surface area contributed by atoms with Crippen LogP contribution in [0.3, 0.4) is 0 Å². The Morgan fingerprint density at radius 2 is 1.64 bits per heavy atom. The summed E-state index contributed by atoms with van der Waals surface area (Å²) in [5.41, 5.74) is 5.47. The van der Waals surface area contributed by atoms with E-state index in [0.717, 1.165) is 40.4 Å². The maximum absolute atomic E-state index is 13.3. The second-order valence-corrected chi connectivity index (χ2v) is 8.22. The number of rotatable bonds is 5. The molecule has 0 radical (unpaired) electrons. The van der Waals surface area contributed by atoms with Gasteiger partial charge in [0.2, 0.25) is 0 Å². The zero-order chi connectivity index (χ0) is 23.7. The van der Waals surface area contributed by atoms with Crippen LogP contribution in [-0.2, 0) is 16.0 Å². The molecule has 33 heavy (non-hydrogen) atoms. The minimum Gasteiger partial charge on any atom is -0.497 e. The summed E-state index contributed by atoms with van der Waals surface area (Å²) in [7, 11) is 1.63. The van der Waals surface area contributed by atoms with Crippen molar-refractivity contribution in [3.8, 4) is 11.4 Å². The smallest absolute Gasteiger partial charge is 0.270 e. The highest BCUT2D eigenvalue weighted by Gasteiger charge is 2.34. The molecule has 0 unspecified atom stereocenters. The number of anilines is 1. The topological polar surface area (TPSA) is 63.6 Å². The Morgan fingerprint density at radius 3 is 2.24 bits per heavy atom. The van der Waals surface area contributed by atoms with E-state index in [0.29, 0.717) is 5.69 Å². The zero-order valence-electron chi connectivity index (χ0n) is 19.0. The van der Waals surface area contributed by atoms with Crippen molar-refractivity contribution >= 4 is 40.9 Å². The second kappa shape index (κ2) is 9.03. The Balaban J connectivity index is 1.72. The van der Waals surface area contributed by atoms with E-state index < -0.39 is 11.8 Å². The lowest BCUT2D eigenvalue weighted by Crippen LogP contribution is -2.54. The van der Waals surface area contributed by atoms with E-state index in [4.69, 9.17) is 17.0 Å². The van der Waals surface area contributed by atoms with Crippen molar-refractivity contribution in [1.82, 2.24) is 9.88 Å². The molecular weight excluding hydrogens is 434 g/mol. The molecular formula is C26H25N3O3S. The molecule has 1 aliphatic rings. The molecule has 6 nitrogen and oxygen atoms in total. The monoisotopic (exact) mass is 459 g/mol. The van der Waals surface area contributed by atoms with Crippen LogP contribution in [0.1, 0.15) is 29.4 Å². The van der Waals surface area contributed by atoms with E-state index in [1.165, 1.54) is 4.90 Å². The fourth-order valence-corrected chi connectivity index (χ4v) is 4.27. The Kier molecular flexibility index (Phi) is 6.16. The molecule has 1 aromatic heterocycles. The molecule has 0 spiro atoms. The first-order chi connectivity index (χ1) is 15.8. The Bertz CT molecular complexity index is 1270. The van der Waals surface area contributed by atoms with Crippen LogP contribution < -0.4 is 15.0 Å². The predicted molar refractivity (Wildman–Crippen MR) is 134 cm³/mol. The molecule has 0 bridgehead atoms. The Hall–Kier alpha value is -3.71. The van der Waals surface area contributed by atoms with Gasteiger partial charge in [-0.1, -0.05) is 19.1 Å². The third kappa shape index (κ3) is 4.19. The van der Waals surface area contributed by atoms with Gasteiger partial charge in [0.05, 0.1) is 12.8 Å². The summed E-state index contributed by atoms with van der Waals surface area (Å²) < 4.78 is 7.32. The number of nitrogens with zero attached hydrogens (tertiary/aromatic N) is 2. The number of aryl methyl sites for hydroxylation is 2. The highest BCUT2D eigenvalue weighted by molar-refractivity contribution is 7.80. The highest BCUT2D eigenvalue weighted by Crippen LogP contribution is 2.27. The van der Waals surface area contributed by atoms with Gasteiger partial charge >= 0.3 is 0 Å². The summed E-state index contributed by atoms with van der Waals surface area (Å²) in [6.45, 7) is 6.01. The number of benzene rings is 2. The molecule has 2 amide bonds. The molecule has 1 fully saturated rings.